The van der Waals surface area contributed by atoms with Crippen molar-refractivity contribution in [3.8, 4) is 6.07 Å². The Labute approximate surface area is 172 Å². The minimum atomic E-state index is 0.165. The van der Waals surface area contributed by atoms with Crippen LogP contribution < -0.4 is 10.2 Å². The highest BCUT2D eigenvalue weighted by Crippen LogP contribution is 2.31. The smallest absolute Gasteiger partial charge is 0.234 e. The van der Waals surface area contributed by atoms with Gasteiger partial charge in [0.1, 0.15) is 6.07 Å². The minimum Gasteiger partial charge on any atom is -0.371 e. The quantitative estimate of drug-likeness (QED) is 0.848. The van der Waals surface area contributed by atoms with Crippen LogP contribution in [0.5, 0.6) is 0 Å². The molecule has 4 rings (SSSR count). The zero-order valence-corrected chi connectivity index (χ0v) is 16.9. The summed E-state index contributed by atoms with van der Waals surface area (Å²) in [6.07, 6.45) is 7.58. The van der Waals surface area contributed by atoms with Crippen LogP contribution in [0.15, 0.2) is 30.5 Å². The second kappa shape index (κ2) is 9.23. The van der Waals surface area contributed by atoms with Crippen LogP contribution in [-0.2, 0) is 4.79 Å². The Balaban J connectivity index is 1.30. The number of anilines is 1. The van der Waals surface area contributed by atoms with E-state index in [0.29, 0.717) is 18.0 Å². The molecular formula is C23H29N5O. The number of hydrogen-bond acceptors (Lipinski definition) is 5. The van der Waals surface area contributed by atoms with Gasteiger partial charge in [-0.2, -0.15) is 5.26 Å². The summed E-state index contributed by atoms with van der Waals surface area (Å²) in [5.74, 6) is 0.692. The van der Waals surface area contributed by atoms with Gasteiger partial charge < -0.3 is 10.2 Å². The second-order valence-corrected chi connectivity index (χ2v) is 8.21. The summed E-state index contributed by atoms with van der Waals surface area (Å²) in [4.78, 5) is 21.3. The first-order chi connectivity index (χ1) is 14.2. The third-order valence-electron chi connectivity index (χ3n) is 6.23. The molecule has 152 valence electrons. The Morgan fingerprint density at radius 2 is 1.93 bits per heavy atom. The number of carbonyl (C=O) groups excluding carboxylic acids is 1. The number of piperidine rings is 2. The van der Waals surface area contributed by atoms with Crippen molar-refractivity contribution in [2.45, 2.75) is 32.1 Å². The number of fused-ring (bicyclic) bond motifs is 1. The van der Waals surface area contributed by atoms with Crippen molar-refractivity contribution in [1.29, 1.82) is 5.26 Å². The Bertz CT molecular complexity index is 892. The highest BCUT2D eigenvalue weighted by molar-refractivity contribution is 5.95. The van der Waals surface area contributed by atoms with Gasteiger partial charge in [0.25, 0.3) is 0 Å². The molecule has 0 saturated carbocycles. The van der Waals surface area contributed by atoms with Crippen molar-refractivity contribution in [3.63, 3.8) is 0 Å². The predicted molar refractivity (Wildman–Crippen MR) is 115 cm³/mol. The summed E-state index contributed by atoms with van der Waals surface area (Å²) in [5, 5.41) is 13.5. The van der Waals surface area contributed by atoms with Crippen LogP contribution in [0, 0.1) is 17.2 Å². The van der Waals surface area contributed by atoms with Crippen molar-refractivity contribution in [2.24, 2.45) is 5.92 Å². The first-order valence-electron chi connectivity index (χ1n) is 10.8. The number of nitrogens with one attached hydrogen (secondary N) is 1. The number of nitrogens with zero attached hydrogens (tertiary/aromatic N) is 4. The standard InChI is InChI=1S/C23H29N5O/c24-15-19-6-7-21(20-5-4-10-25-23(19)20)28-13-8-18(9-14-28)16-26-22(29)17-27-11-2-1-3-12-27/h4-7,10,18H,1-3,8-9,11-14,16-17H2,(H,26,29). The molecule has 0 atom stereocenters. The van der Waals surface area contributed by atoms with Crippen molar-refractivity contribution in [2.75, 3.05) is 44.2 Å². The van der Waals surface area contributed by atoms with E-state index < -0.39 is 0 Å². The van der Waals surface area contributed by atoms with E-state index >= 15 is 0 Å². The Kier molecular flexibility index (Phi) is 6.26. The van der Waals surface area contributed by atoms with Crippen LogP contribution in [0.25, 0.3) is 10.9 Å². The summed E-state index contributed by atoms with van der Waals surface area (Å²) < 4.78 is 0. The highest BCUT2D eigenvalue weighted by atomic mass is 16.2. The van der Waals surface area contributed by atoms with E-state index in [1.807, 2.05) is 24.3 Å². The Morgan fingerprint density at radius 1 is 1.14 bits per heavy atom. The summed E-state index contributed by atoms with van der Waals surface area (Å²) in [6.45, 7) is 5.35. The summed E-state index contributed by atoms with van der Waals surface area (Å²) in [6, 6.07) is 10.1. The van der Waals surface area contributed by atoms with Crippen molar-refractivity contribution >= 4 is 22.5 Å². The van der Waals surface area contributed by atoms with Gasteiger partial charge >= 0.3 is 0 Å². The molecule has 2 aliphatic rings. The lowest BCUT2D eigenvalue weighted by Crippen LogP contribution is -2.43. The van der Waals surface area contributed by atoms with Crippen LogP contribution in [0.4, 0.5) is 5.69 Å². The van der Waals surface area contributed by atoms with Crippen molar-refractivity contribution in [1.82, 2.24) is 15.2 Å². The van der Waals surface area contributed by atoms with Crippen LogP contribution in [0.1, 0.15) is 37.7 Å². The molecule has 0 spiro atoms. The van der Waals surface area contributed by atoms with Gasteiger partial charge in [-0.1, -0.05) is 6.42 Å². The summed E-state index contributed by atoms with van der Waals surface area (Å²) in [7, 11) is 0. The van der Waals surface area contributed by atoms with E-state index in [0.717, 1.165) is 62.2 Å². The number of likely N-dealkylation sites (tertiary alicyclic amines) is 1. The average molecular weight is 392 g/mol. The lowest BCUT2D eigenvalue weighted by Gasteiger charge is -2.34. The SMILES string of the molecule is N#Cc1ccc(N2CCC(CNC(=O)CN3CCCCC3)CC2)c2cccnc12. The third-order valence-corrected chi connectivity index (χ3v) is 6.23. The van der Waals surface area contributed by atoms with Gasteiger partial charge in [-0.25, -0.2) is 0 Å². The predicted octanol–water partition coefficient (Wildman–Crippen LogP) is 2.92. The summed E-state index contributed by atoms with van der Waals surface area (Å²) in [5.41, 5.74) is 2.55. The Hall–Kier alpha value is -2.65. The van der Waals surface area contributed by atoms with Gasteiger partial charge in [0.15, 0.2) is 0 Å². The second-order valence-electron chi connectivity index (χ2n) is 8.21. The van der Waals surface area contributed by atoms with Gasteiger partial charge in [0.05, 0.1) is 17.6 Å². The van der Waals surface area contributed by atoms with Gasteiger partial charge in [-0.15, -0.1) is 0 Å². The number of pyridine rings is 1. The monoisotopic (exact) mass is 391 g/mol. The maximum atomic E-state index is 12.3. The number of hydrogen-bond donors (Lipinski definition) is 1. The van der Waals surface area contributed by atoms with Crippen LogP contribution in [-0.4, -0.2) is 55.1 Å². The molecule has 1 aromatic carbocycles. The van der Waals surface area contributed by atoms with Gasteiger partial charge in [-0.05, 0) is 69.0 Å². The molecule has 6 heteroatoms. The first kappa shape index (κ1) is 19.7. The van der Waals surface area contributed by atoms with E-state index in [-0.39, 0.29) is 5.91 Å². The molecular weight excluding hydrogens is 362 g/mol. The van der Waals surface area contributed by atoms with Crippen LogP contribution in [0.2, 0.25) is 0 Å². The largest absolute Gasteiger partial charge is 0.371 e. The van der Waals surface area contributed by atoms with Gasteiger partial charge in [-0.3, -0.25) is 14.7 Å². The number of rotatable bonds is 5. The zero-order chi connectivity index (χ0) is 20.1. The number of benzene rings is 1. The molecule has 3 heterocycles. The van der Waals surface area contributed by atoms with E-state index in [2.05, 4.69) is 26.2 Å². The molecule has 6 nitrogen and oxygen atoms in total. The van der Waals surface area contributed by atoms with E-state index in [1.165, 1.54) is 19.3 Å². The first-order valence-corrected chi connectivity index (χ1v) is 10.8. The molecule has 0 aliphatic carbocycles. The number of nitriles is 1. The van der Waals surface area contributed by atoms with E-state index in [4.69, 9.17) is 0 Å². The number of carbonyl (C=O) groups is 1. The lowest BCUT2D eigenvalue weighted by molar-refractivity contribution is -0.122. The molecule has 1 aromatic heterocycles. The molecule has 0 radical (unpaired) electrons. The molecule has 0 bridgehead atoms. The molecule has 0 unspecified atom stereocenters. The maximum absolute atomic E-state index is 12.3. The van der Waals surface area contributed by atoms with E-state index in [9.17, 15) is 10.1 Å². The van der Waals surface area contributed by atoms with Crippen molar-refractivity contribution < 1.29 is 4.79 Å². The fraction of sp³-hybridized carbons (Fsp3) is 0.522. The summed E-state index contributed by atoms with van der Waals surface area (Å²) >= 11 is 0. The molecule has 29 heavy (non-hydrogen) atoms. The third kappa shape index (κ3) is 4.68. The topological polar surface area (TPSA) is 72.3 Å². The minimum absolute atomic E-state index is 0.165. The maximum Gasteiger partial charge on any atom is 0.234 e. The fourth-order valence-electron chi connectivity index (χ4n) is 4.54. The van der Waals surface area contributed by atoms with Gasteiger partial charge in [0, 0.05) is 36.9 Å². The molecule has 2 aliphatic heterocycles. The molecule has 2 saturated heterocycles. The number of aromatic nitrogens is 1. The normalized spacial score (nSPS) is 18.5. The zero-order valence-electron chi connectivity index (χ0n) is 16.9. The molecule has 1 amide bonds. The Morgan fingerprint density at radius 3 is 2.69 bits per heavy atom. The molecule has 1 N–H and O–H groups in total. The van der Waals surface area contributed by atoms with E-state index in [1.54, 1.807) is 6.20 Å². The molecule has 2 aromatic rings. The van der Waals surface area contributed by atoms with Gasteiger partial charge in [0.2, 0.25) is 5.91 Å². The van der Waals surface area contributed by atoms with Crippen LogP contribution >= 0.6 is 0 Å². The number of amides is 1. The lowest BCUT2D eigenvalue weighted by atomic mass is 9.95. The molecule has 2 fully saturated rings. The van der Waals surface area contributed by atoms with Crippen LogP contribution in [0.3, 0.4) is 0 Å². The average Bonchev–Trinajstić information content (AvgIpc) is 2.78. The fourth-order valence-corrected chi connectivity index (χ4v) is 4.54. The van der Waals surface area contributed by atoms with Crippen molar-refractivity contribution in [3.05, 3.63) is 36.0 Å². The highest BCUT2D eigenvalue weighted by Gasteiger charge is 2.22.